The second-order valence-corrected chi connectivity index (χ2v) is 8.84. The fraction of sp³-hybridized carbons (Fsp3) is 0.476. The summed E-state index contributed by atoms with van der Waals surface area (Å²) in [5, 5.41) is 5.07. The van der Waals surface area contributed by atoms with E-state index in [4.69, 9.17) is 4.74 Å². The lowest BCUT2D eigenvalue weighted by Crippen LogP contribution is -2.25. The number of esters is 1. The Hall–Kier alpha value is -2.08. The molecule has 1 aromatic carbocycles. The number of amides is 1. The Morgan fingerprint density at radius 2 is 2.00 bits per heavy atom. The largest absolute Gasteiger partial charge is 0.460 e. The predicted octanol–water partition coefficient (Wildman–Crippen LogP) is 4.17. The van der Waals surface area contributed by atoms with E-state index in [-0.39, 0.29) is 33.9 Å². The van der Waals surface area contributed by atoms with Crippen LogP contribution < -0.4 is 10.0 Å². The highest BCUT2D eigenvalue weighted by Crippen LogP contribution is 2.35. The van der Waals surface area contributed by atoms with Crippen LogP contribution in [-0.2, 0) is 20.9 Å². The van der Waals surface area contributed by atoms with Gasteiger partial charge in [0.2, 0.25) is 5.91 Å². The van der Waals surface area contributed by atoms with Gasteiger partial charge in [0, 0.05) is 30.0 Å². The molecule has 0 saturated heterocycles. The highest BCUT2D eigenvalue weighted by Gasteiger charge is 2.27. The number of carbonyl (C=O) groups excluding carboxylic acids is 2. The molecular formula is C21H30N2O3S. The summed E-state index contributed by atoms with van der Waals surface area (Å²) in [4.78, 5) is 23.5. The number of rotatable bonds is 7. The average molecular weight is 391 g/mol. The Bertz CT molecular complexity index is 723. The minimum absolute atomic E-state index is 0.0378. The second kappa shape index (κ2) is 10.3. The molecule has 2 rings (SSSR count). The molecule has 0 aliphatic heterocycles. The number of ether oxygens (including phenoxy) is 1. The molecule has 1 aliphatic carbocycles. The maximum Gasteiger partial charge on any atom is 0.335 e. The molecule has 0 radical (unpaired) electrons. The maximum absolute atomic E-state index is 12.5. The van der Waals surface area contributed by atoms with Crippen LogP contribution in [0, 0.1) is 0 Å². The number of benzene rings is 1. The highest BCUT2D eigenvalue weighted by molar-refractivity contribution is 8.16. The van der Waals surface area contributed by atoms with E-state index in [1.54, 1.807) is 0 Å². The second-order valence-electron chi connectivity index (χ2n) is 6.85. The molecule has 0 fully saturated rings. The third-order valence-corrected chi connectivity index (χ3v) is 6.33. The van der Waals surface area contributed by atoms with Crippen LogP contribution in [0.4, 0.5) is 5.69 Å². The van der Waals surface area contributed by atoms with Crippen molar-refractivity contribution in [1.82, 2.24) is 5.32 Å². The zero-order chi connectivity index (χ0) is 19.8. The summed E-state index contributed by atoms with van der Waals surface area (Å²) in [6.07, 6.45) is 4.91. The molecule has 27 heavy (non-hydrogen) atoms. The molecule has 0 bridgehead atoms. The molecule has 0 saturated carbocycles. The van der Waals surface area contributed by atoms with Crippen molar-refractivity contribution in [1.29, 1.82) is 0 Å². The van der Waals surface area contributed by atoms with E-state index >= 15 is 0 Å². The van der Waals surface area contributed by atoms with Crippen LogP contribution in [0.5, 0.6) is 0 Å². The molecule has 0 spiro atoms. The zero-order valence-electron chi connectivity index (χ0n) is 16.6. The third kappa shape index (κ3) is 6.54. The van der Waals surface area contributed by atoms with Crippen molar-refractivity contribution in [3.05, 3.63) is 41.5 Å². The summed E-state index contributed by atoms with van der Waals surface area (Å²) in [6.45, 7) is 7.82. The van der Waals surface area contributed by atoms with E-state index in [1.807, 2.05) is 51.1 Å². The van der Waals surface area contributed by atoms with Crippen molar-refractivity contribution < 1.29 is 14.3 Å². The molecule has 1 amide bonds. The van der Waals surface area contributed by atoms with Crippen molar-refractivity contribution >= 4 is 33.6 Å². The van der Waals surface area contributed by atoms with Gasteiger partial charge in [0.15, 0.2) is 0 Å². The molecule has 5 nitrogen and oxygen atoms in total. The normalized spacial score (nSPS) is 18.0. The first-order chi connectivity index (χ1) is 12.9. The first-order valence-electron chi connectivity index (χ1n) is 9.43. The van der Waals surface area contributed by atoms with Crippen LogP contribution in [0.3, 0.4) is 0 Å². The minimum Gasteiger partial charge on any atom is -0.460 e. The van der Waals surface area contributed by atoms with E-state index in [0.29, 0.717) is 6.54 Å². The van der Waals surface area contributed by atoms with Crippen LogP contribution in [0.15, 0.2) is 35.9 Å². The Morgan fingerprint density at radius 1 is 1.30 bits per heavy atom. The quantitative estimate of drug-likeness (QED) is 0.542. The van der Waals surface area contributed by atoms with Crippen LogP contribution in [0.2, 0.25) is 0 Å². The first kappa shape index (κ1) is 21.2. The molecule has 0 heterocycles. The lowest BCUT2D eigenvalue weighted by atomic mass is 9.99. The summed E-state index contributed by atoms with van der Waals surface area (Å²) < 4.78 is 9.01. The minimum atomic E-state index is -0.266. The van der Waals surface area contributed by atoms with Crippen LogP contribution >= 0.6 is 10.7 Å². The van der Waals surface area contributed by atoms with Crippen molar-refractivity contribution in [3.63, 3.8) is 0 Å². The van der Waals surface area contributed by atoms with Gasteiger partial charge in [-0.05, 0) is 63.1 Å². The molecule has 2 N–H and O–H groups in total. The number of anilines is 1. The van der Waals surface area contributed by atoms with Gasteiger partial charge in [-0.15, -0.1) is 0 Å². The van der Waals surface area contributed by atoms with Crippen molar-refractivity contribution in [2.45, 2.75) is 64.9 Å². The van der Waals surface area contributed by atoms with Gasteiger partial charge in [-0.25, -0.2) is 4.79 Å². The lowest BCUT2D eigenvalue weighted by molar-refractivity contribution is -0.142. The van der Waals surface area contributed by atoms with Gasteiger partial charge in [-0.2, -0.15) is 0 Å². The Morgan fingerprint density at radius 3 is 2.59 bits per heavy atom. The smallest absolute Gasteiger partial charge is 0.335 e. The third-order valence-electron chi connectivity index (χ3n) is 4.25. The molecule has 6 heteroatoms. The predicted molar refractivity (Wildman–Crippen MR) is 114 cm³/mol. The highest BCUT2D eigenvalue weighted by atomic mass is 32.2. The van der Waals surface area contributed by atoms with E-state index in [9.17, 15) is 9.59 Å². The van der Waals surface area contributed by atoms with Crippen molar-refractivity contribution in [2.75, 3.05) is 4.72 Å². The molecule has 2 unspecified atom stereocenters. The fourth-order valence-electron chi connectivity index (χ4n) is 2.96. The fourth-order valence-corrected chi connectivity index (χ4v) is 4.84. The van der Waals surface area contributed by atoms with Crippen molar-refractivity contribution in [2.24, 2.45) is 0 Å². The van der Waals surface area contributed by atoms with Gasteiger partial charge in [0.05, 0.1) is 6.10 Å². The van der Waals surface area contributed by atoms with Gasteiger partial charge in [0.1, 0.15) is 0 Å². The summed E-state index contributed by atoms with van der Waals surface area (Å²) in [5.74, 6) is -0.231. The molecule has 1 aliphatic rings. The Labute approximate surface area is 164 Å². The molecule has 0 aromatic heterocycles. The summed E-state index contributed by atoms with van der Waals surface area (Å²) in [6, 6.07) is 8.03. The average Bonchev–Trinajstić information content (AvgIpc) is 2.65. The van der Waals surface area contributed by atoms with E-state index in [2.05, 4.69) is 15.4 Å². The summed E-state index contributed by atoms with van der Waals surface area (Å²) >= 11 is 0. The number of hydrogen-bond donors (Lipinski definition) is 2. The molecule has 148 valence electrons. The van der Waals surface area contributed by atoms with E-state index in [0.717, 1.165) is 36.1 Å². The van der Waals surface area contributed by atoms with Gasteiger partial charge in [-0.3, -0.25) is 4.79 Å². The van der Waals surface area contributed by atoms with Crippen molar-refractivity contribution in [3.8, 4) is 0 Å². The summed E-state index contributed by atoms with van der Waals surface area (Å²) in [5.41, 5.74) is 2.85. The van der Waals surface area contributed by atoms with Gasteiger partial charge < -0.3 is 14.8 Å². The van der Waals surface area contributed by atoms with Crippen LogP contribution in [0.1, 0.15) is 52.5 Å². The number of carbonyl (C=O) groups is 2. The SMILES string of the molecule is C/C=S(/Nc1ccc(CNC(C)=O)cc1)C1CCCC=C1C(=O)OC(C)C. The lowest BCUT2D eigenvalue weighted by Gasteiger charge is -2.28. The molecule has 2 atom stereocenters. The summed E-state index contributed by atoms with van der Waals surface area (Å²) in [7, 11) is -0.266. The Balaban J connectivity index is 2.09. The number of allylic oxidation sites excluding steroid dienone is 1. The van der Waals surface area contributed by atoms with E-state index < -0.39 is 0 Å². The van der Waals surface area contributed by atoms with Crippen LogP contribution in [-0.4, -0.2) is 28.6 Å². The topological polar surface area (TPSA) is 67.4 Å². The first-order valence-corrected chi connectivity index (χ1v) is 10.8. The monoisotopic (exact) mass is 390 g/mol. The Kier molecular flexibility index (Phi) is 8.10. The van der Waals surface area contributed by atoms with E-state index in [1.165, 1.54) is 6.92 Å². The van der Waals surface area contributed by atoms with Crippen LogP contribution in [0.25, 0.3) is 0 Å². The number of nitrogens with one attached hydrogen (secondary N) is 2. The standard InChI is InChI=1S/C21H30N2O3S/c1-5-27(20-9-7-6-8-19(20)21(25)26-15(2)3)23-18-12-10-17(11-13-18)14-22-16(4)24/h5,8,10-13,15,20,23H,6-7,9,14H2,1-4H3,(H,22,24). The zero-order valence-corrected chi connectivity index (χ0v) is 17.4. The maximum atomic E-state index is 12.5. The van der Waals surface area contributed by atoms with Gasteiger partial charge in [0.25, 0.3) is 0 Å². The van der Waals surface area contributed by atoms with Gasteiger partial charge in [-0.1, -0.05) is 28.9 Å². The van der Waals surface area contributed by atoms with Gasteiger partial charge >= 0.3 is 5.97 Å². The number of hydrogen-bond acceptors (Lipinski definition) is 4. The molecular weight excluding hydrogens is 360 g/mol. The molecule has 1 aromatic rings.